The molecule has 1 saturated heterocycles. The van der Waals surface area contributed by atoms with Crippen LogP contribution in [0.3, 0.4) is 0 Å². The largest absolute Gasteiger partial charge is 0.379 e. The van der Waals surface area contributed by atoms with Crippen molar-refractivity contribution in [2.24, 2.45) is 4.99 Å². The topological polar surface area (TPSA) is 79.6 Å². The Balaban J connectivity index is 1.49. The predicted molar refractivity (Wildman–Crippen MR) is 127 cm³/mol. The third kappa shape index (κ3) is 8.16. The molecule has 0 bridgehead atoms. The van der Waals surface area contributed by atoms with Gasteiger partial charge in [-0.3, -0.25) is 9.89 Å². The van der Waals surface area contributed by atoms with Gasteiger partial charge in [-0.25, -0.2) is 0 Å². The summed E-state index contributed by atoms with van der Waals surface area (Å²) < 4.78 is 7.56. The molecule has 1 aromatic carbocycles. The molecule has 0 saturated carbocycles. The van der Waals surface area contributed by atoms with Crippen molar-refractivity contribution < 1.29 is 4.74 Å². The fourth-order valence-corrected chi connectivity index (χ4v) is 4.21. The highest BCUT2D eigenvalue weighted by Gasteiger charge is 2.16. The molecule has 1 unspecified atom stereocenters. The fraction of sp³-hybridized carbons (Fsp3) is 0.591. The summed E-state index contributed by atoms with van der Waals surface area (Å²) in [6.07, 6.45) is 2.68. The smallest absolute Gasteiger partial charge is 0.191 e. The van der Waals surface area contributed by atoms with Gasteiger partial charge in [0.05, 0.1) is 19.8 Å². The highest BCUT2D eigenvalue weighted by atomic mass is 32.2. The zero-order chi connectivity index (χ0) is 21.7. The molecule has 0 radical (unpaired) electrons. The molecule has 1 atom stereocenters. The second-order valence-corrected chi connectivity index (χ2v) is 8.66. The van der Waals surface area contributed by atoms with Gasteiger partial charge in [-0.2, -0.15) is 0 Å². The van der Waals surface area contributed by atoms with Crippen LogP contribution in [-0.2, 0) is 17.7 Å². The van der Waals surface area contributed by atoms with Crippen LogP contribution in [0.4, 0.5) is 0 Å². The van der Waals surface area contributed by atoms with E-state index in [4.69, 9.17) is 9.73 Å². The lowest BCUT2D eigenvalue weighted by atomic mass is 10.2. The minimum Gasteiger partial charge on any atom is -0.379 e. The van der Waals surface area contributed by atoms with E-state index in [9.17, 15) is 0 Å². The molecule has 1 fully saturated rings. The molecular formula is C22H35N7OS. The number of guanidine groups is 1. The molecule has 2 heterocycles. The summed E-state index contributed by atoms with van der Waals surface area (Å²) in [5, 5.41) is 15.1. The molecule has 2 aromatic rings. The Morgan fingerprint density at radius 3 is 2.74 bits per heavy atom. The predicted octanol–water partition coefficient (Wildman–Crippen LogP) is 1.89. The Morgan fingerprint density at radius 2 is 1.97 bits per heavy atom. The van der Waals surface area contributed by atoms with Crippen LogP contribution in [-0.4, -0.2) is 83.4 Å². The molecule has 3 rings (SSSR count). The van der Waals surface area contributed by atoms with E-state index in [2.05, 4.69) is 68.4 Å². The highest BCUT2D eigenvalue weighted by Crippen LogP contribution is 2.15. The van der Waals surface area contributed by atoms with E-state index in [1.165, 1.54) is 4.90 Å². The summed E-state index contributed by atoms with van der Waals surface area (Å²) in [6.45, 7) is 11.1. The van der Waals surface area contributed by atoms with Gasteiger partial charge in [0.1, 0.15) is 12.2 Å². The number of thioether (sulfide) groups is 1. The van der Waals surface area contributed by atoms with E-state index in [1.54, 1.807) is 6.33 Å². The van der Waals surface area contributed by atoms with Crippen LogP contribution in [0, 0.1) is 0 Å². The molecule has 2 N–H and O–H groups in total. The molecule has 1 aliphatic rings. The van der Waals surface area contributed by atoms with Crippen molar-refractivity contribution in [2.75, 3.05) is 51.7 Å². The molecule has 0 aliphatic carbocycles. The van der Waals surface area contributed by atoms with Gasteiger partial charge in [0.25, 0.3) is 0 Å². The van der Waals surface area contributed by atoms with Crippen molar-refractivity contribution in [1.82, 2.24) is 30.3 Å². The van der Waals surface area contributed by atoms with Crippen molar-refractivity contribution in [1.29, 1.82) is 0 Å². The third-order valence-corrected chi connectivity index (χ3v) is 6.26. The van der Waals surface area contributed by atoms with Crippen molar-refractivity contribution in [3.63, 3.8) is 0 Å². The molecule has 0 amide bonds. The van der Waals surface area contributed by atoms with E-state index in [-0.39, 0.29) is 0 Å². The van der Waals surface area contributed by atoms with Crippen LogP contribution in [0.25, 0.3) is 0 Å². The number of aliphatic imine (C=N–C) groups is 1. The summed E-state index contributed by atoms with van der Waals surface area (Å²) in [4.78, 5) is 8.60. The van der Waals surface area contributed by atoms with Crippen molar-refractivity contribution in [3.8, 4) is 0 Å². The van der Waals surface area contributed by atoms with Gasteiger partial charge in [0, 0.05) is 55.8 Å². The van der Waals surface area contributed by atoms with Gasteiger partial charge in [-0.05, 0) is 19.1 Å². The number of aryl methyl sites for hydroxylation is 1. The number of nitrogens with zero attached hydrogens (tertiary/aromatic N) is 5. The summed E-state index contributed by atoms with van der Waals surface area (Å²) in [5.74, 6) is 2.85. The maximum absolute atomic E-state index is 5.47. The van der Waals surface area contributed by atoms with Gasteiger partial charge in [-0.1, -0.05) is 25.1 Å². The normalized spacial score (nSPS) is 16.3. The van der Waals surface area contributed by atoms with E-state index >= 15 is 0 Å². The van der Waals surface area contributed by atoms with Gasteiger partial charge >= 0.3 is 0 Å². The van der Waals surface area contributed by atoms with Crippen molar-refractivity contribution in [3.05, 3.63) is 42.5 Å². The average Bonchev–Trinajstić information content (AvgIpc) is 3.28. The Hall–Kier alpha value is -2.10. The maximum atomic E-state index is 5.47. The number of nitrogens with one attached hydrogen (secondary N) is 2. The van der Waals surface area contributed by atoms with Gasteiger partial charge in [0.2, 0.25) is 0 Å². The molecular weight excluding hydrogens is 410 g/mol. The number of morpholine rings is 1. The lowest BCUT2D eigenvalue weighted by Gasteiger charge is -2.31. The van der Waals surface area contributed by atoms with Crippen LogP contribution < -0.4 is 10.6 Å². The fourth-order valence-electron chi connectivity index (χ4n) is 3.42. The van der Waals surface area contributed by atoms with E-state index < -0.39 is 0 Å². The standard InChI is InChI=1S/C22H35N7OS/c1-3-21-27-26-18-29(21)11-9-23-22(24-10-16-31-20-7-5-4-6-8-20)25-17-19(2)28-12-14-30-15-13-28/h4-8,18-19H,3,9-17H2,1-2H3,(H2,23,24,25). The number of hydrogen-bond acceptors (Lipinski definition) is 6. The highest BCUT2D eigenvalue weighted by molar-refractivity contribution is 7.99. The molecule has 9 heteroatoms. The van der Waals surface area contributed by atoms with Crippen LogP contribution in [0.1, 0.15) is 19.7 Å². The summed E-state index contributed by atoms with van der Waals surface area (Å²) in [5.41, 5.74) is 0. The lowest BCUT2D eigenvalue weighted by Crippen LogP contribution is -2.45. The Bertz CT molecular complexity index is 777. The Morgan fingerprint density at radius 1 is 1.19 bits per heavy atom. The van der Waals surface area contributed by atoms with E-state index in [0.717, 1.165) is 76.4 Å². The maximum Gasteiger partial charge on any atom is 0.191 e. The number of rotatable bonds is 11. The van der Waals surface area contributed by atoms with Crippen LogP contribution in [0.2, 0.25) is 0 Å². The first kappa shape index (κ1) is 23.6. The molecule has 0 spiro atoms. The van der Waals surface area contributed by atoms with Gasteiger partial charge in [0.15, 0.2) is 5.96 Å². The van der Waals surface area contributed by atoms with Crippen LogP contribution in [0.5, 0.6) is 0 Å². The number of hydrogen-bond donors (Lipinski definition) is 2. The Labute approximate surface area is 189 Å². The first-order valence-electron chi connectivity index (χ1n) is 11.1. The zero-order valence-corrected chi connectivity index (χ0v) is 19.5. The SMILES string of the molecule is CCc1nncn1CCNC(=NCC(C)N1CCOCC1)NCCSc1ccccc1. The summed E-state index contributed by atoms with van der Waals surface area (Å²) in [6, 6.07) is 10.9. The second kappa shape index (κ2) is 13.3. The monoisotopic (exact) mass is 445 g/mol. The van der Waals surface area contributed by atoms with E-state index in [1.807, 2.05) is 17.8 Å². The molecule has 1 aromatic heterocycles. The summed E-state index contributed by atoms with van der Waals surface area (Å²) in [7, 11) is 0. The number of ether oxygens (including phenoxy) is 1. The van der Waals surface area contributed by atoms with Crippen molar-refractivity contribution >= 4 is 17.7 Å². The third-order valence-electron chi connectivity index (χ3n) is 5.25. The Kier molecular flexibility index (Phi) is 10.1. The molecule has 1 aliphatic heterocycles. The van der Waals surface area contributed by atoms with Crippen LogP contribution >= 0.6 is 11.8 Å². The second-order valence-electron chi connectivity index (χ2n) is 7.50. The zero-order valence-electron chi connectivity index (χ0n) is 18.7. The minimum absolute atomic E-state index is 0.394. The number of aromatic nitrogens is 3. The van der Waals surface area contributed by atoms with Crippen LogP contribution in [0.15, 0.2) is 46.5 Å². The first-order valence-corrected chi connectivity index (χ1v) is 12.1. The van der Waals surface area contributed by atoms with Gasteiger partial charge < -0.3 is 19.9 Å². The first-order chi connectivity index (χ1) is 15.3. The number of benzene rings is 1. The average molecular weight is 446 g/mol. The molecule has 8 nitrogen and oxygen atoms in total. The summed E-state index contributed by atoms with van der Waals surface area (Å²) >= 11 is 1.85. The van der Waals surface area contributed by atoms with Gasteiger partial charge in [-0.15, -0.1) is 22.0 Å². The van der Waals surface area contributed by atoms with Crippen molar-refractivity contribution in [2.45, 2.75) is 37.8 Å². The molecule has 170 valence electrons. The lowest BCUT2D eigenvalue weighted by molar-refractivity contribution is 0.0220. The minimum atomic E-state index is 0.394. The molecule has 31 heavy (non-hydrogen) atoms. The van der Waals surface area contributed by atoms with E-state index in [0.29, 0.717) is 6.04 Å². The quantitative estimate of drug-likeness (QED) is 0.237.